The minimum Gasteiger partial charge on any atom is -0.372 e. The number of carbonyl (C=O) groups excluding carboxylic acids is 2. The average Bonchev–Trinajstić information content (AvgIpc) is 3.05. The molecule has 1 aromatic carbocycles. The van der Waals surface area contributed by atoms with Gasteiger partial charge in [-0.15, -0.1) is 0 Å². The van der Waals surface area contributed by atoms with Gasteiger partial charge in [-0.3, -0.25) is 9.59 Å². The predicted octanol–water partition coefficient (Wildman–Crippen LogP) is 3.08. The number of H-pyrrole nitrogens is 1. The van der Waals surface area contributed by atoms with Crippen LogP contribution < -0.4 is 10.2 Å². The molecule has 0 radical (unpaired) electrons. The second kappa shape index (κ2) is 7.11. The van der Waals surface area contributed by atoms with Crippen molar-refractivity contribution in [2.75, 3.05) is 23.3 Å². The molecule has 0 aliphatic carbocycles. The molecule has 132 valence electrons. The van der Waals surface area contributed by atoms with Gasteiger partial charge in [-0.1, -0.05) is 0 Å². The Hall–Kier alpha value is -2.60. The Morgan fingerprint density at radius 2 is 1.80 bits per heavy atom. The average molecular weight is 341 g/mol. The second-order valence-electron chi connectivity index (χ2n) is 6.52. The van der Waals surface area contributed by atoms with Gasteiger partial charge in [-0.2, -0.15) is 0 Å². The summed E-state index contributed by atoms with van der Waals surface area (Å²) in [5, 5.41) is 2.83. The van der Waals surface area contributed by atoms with Crippen LogP contribution in [0, 0.1) is 0 Å². The van der Waals surface area contributed by atoms with Crippen molar-refractivity contribution in [1.82, 2.24) is 4.98 Å². The van der Waals surface area contributed by atoms with Crippen LogP contribution in [0.15, 0.2) is 36.5 Å². The smallest absolute Gasteiger partial charge is 0.272 e. The molecule has 0 unspecified atom stereocenters. The number of nitrogens with one attached hydrogen (secondary N) is 2. The summed E-state index contributed by atoms with van der Waals surface area (Å²) in [5.74, 6) is -0.345. The van der Waals surface area contributed by atoms with Gasteiger partial charge in [-0.25, -0.2) is 0 Å². The van der Waals surface area contributed by atoms with Crippen molar-refractivity contribution in [2.45, 2.75) is 33.0 Å². The van der Waals surface area contributed by atoms with Gasteiger partial charge in [0.25, 0.3) is 5.91 Å². The Labute approximate surface area is 147 Å². The number of morpholine rings is 1. The topological polar surface area (TPSA) is 74.4 Å². The number of anilines is 2. The van der Waals surface area contributed by atoms with E-state index in [2.05, 4.69) is 29.0 Å². The Morgan fingerprint density at radius 1 is 1.16 bits per heavy atom. The zero-order valence-corrected chi connectivity index (χ0v) is 14.7. The van der Waals surface area contributed by atoms with Crippen LogP contribution in [0.25, 0.3) is 0 Å². The fourth-order valence-corrected chi connectivity index (χ4v) is 3.07. The first kappa shape index (κ1) is 17.2. The third-order valence-corrected chi connectivity index (χ3v) is 4.24. The lowest BCUT2D eigenvalue weighted by molar-refractivity contribution is -0.00521. The van der Waals surface area contributed by atoms with Gasteiger partial charge in [0, 0.05) is 36.2 Å². The van der Waals surface area contributed by atoms with E-state index in [9.17, 15) is 9.59 Å². The molecule has 0 spiro atoms. The molecule has 2 atom stereocenters. The van der Waals surface area contributed by atoms with E-state index in [-0.39, 0.29) is 23.9 Å². The molecule has 6 heteroatoms. The number of hydrogen-bond donors (Lipinski definition) is 2. The van der Waals surface area contributed by atoms with Crippen LogP contribution in [0.1, 0.15) is 41.6 Å². The maximum absolute atomic E-state index is 12.2. The van der Waals surface area contributed by atoms with Gasteiger partial charge in [0.05, 0.1) is 12.2 Å². The lowest BCUT2D eigenvalue weighted by atomic mass is 10.2. The normalized spacial score (nSPS) is 20.4. The molecule has 1 aliphatic rings. The van der Waals surface area contributed by atoms with Crippen molar-refractivity contribution in [1.29, 1.82) is 0 Å². The number of hydrogen-bond acceptors (Lipinski definition) is 4. The highest BCUT2D eigenvalue weighted by atomic mass is 16.5. The molecule has 0 bridgehead atoms. The van der Waals surface area contributed by atoms with Crippen LogP contribution in [-0.4, -0.2) is 42.0 Å². The molecule has 2 aromatic rings. The van der Waals surface area contributed by atoms with E-state index < -0.39 is 0 Å². The molecule has 2 N–H and O–H groups in total. The Morgan fingerprint density at radius 3 is 2.36 bits per heavy atom. The highest BCUT2D eigenvalue weighted by Crippen LogP contribution is 2.22. The van der Waals surface area contributed by atoms with E-state index >= 15 is 0 Å². The molecule has 25 heavy (non-hydrogen) atoms. The van der Waals surface area contributed by atoms with Gasteiger partial charge >= 0.3 is 0 Å². The van der Waals surface area contributed by atoms with Crippen LogP contribution in [-0.2, 0) is 4.74 Å². The first-order valence-electron chi connectivity index (χ1n) is 8.43. The maximum Gasteiger partial charge on any atom is 0.272 e. The standard InChI is InChI=1S/C19H23N3O3/c1-12-10-22(11-13(2)25-12)17-6-4-16(5-7-17)21-19(24)18-8-15(9-20-18)14(3)23/h4-9,12-13,20H,10-11H2,1-3H3,(H,21,24)/t12-,13-/m1/s1. The predicted molar refractivity (Wildman–Crippen MR) is 97.4 cm³/mol. The summed E-state index contributed by atoms with van der Waals surface area (Å²) in [6, 6.07) is 9.31. The highest BCUT2D eigenvalue weighted by molar-refractivity contribution is 6.05. The van der Waals surface area contributed by atoms with Gasteiger partial charge in [-0.05, 0) is 51.1 Å². The number of amides is 1. The molecule has 1 aliphatic heterocycles. The summed E-state index contributed by atoms with van der Waals surface area (Å²) in [7, 11) is 0. The van der Waals surface area contributed by atoms with Crippen LogP contribution in [0.5, 0.6) is 0 Å². The minimum absolute atomic E-state index is 0.0754. The third-order valence-electron chi connectivity index (χ3n) is 4.24. The zero-order chi connectivity index (χ0) is 18.0. The van der Waals surface area contributed by atoms with E-state index in [0.29, 0.717) is 16.9 Å². The number of carbonyl (C=O) groups is 2. The van der Waals surface area contributed by atoms with Crippen molar-refractivity contribution in [2.24, 2.45) is 0 Å². The molecule has 1 amide bonds. The highest BCUT2D eigenvalue weighted by Gasteiger charge is 2.22. The lowest BCUT2D eigenvalue weighted by Crippen LogP contribution is -2.45. The molecule has 3 rings (SSSR count). The number of rotatable bonds is 4. The van der Waals surface area contributed by atoms with E-state index in [1.165, 1.54) is 6.92 Å². The molecule has 6 nitrogen and oxygen atoms in total. The summed E-state index contributed by atoms with van der Waals surface area (Å²) < 4.78 is 5.76. The summed E-state index contributed by atoms with van der Waals surface area (Å²) in [4.78, 5) is 28.7. The third kappa shape index (κ3) is 4.09. The van der Waals surface area contributed by atoms with Gasteiger partial charge < -0.3 is 19.9 Å². The van der Waals surface area contributed by atoms with E-state index in [4.69, 9.17) is 4.74 Å². The van der Waals surface area contributed by atoms with E-state index in [1.54, 1.807) is 12.3 Å². The quantitative estimate of drug-likeness (QED) is 0.838. The van der Waals surface area contributed by atoms with Crippen molar-refractivity contribution >= 4 is 23.1 Å². The van der Waals surface area contributed by atoms with Crippen molar-refractivity contribution in [3.8, 4) is 0 Å². The number of aromatic nitrogens is 1. The monoisotopic (exact) mass is 341 g/mol. The fraction of sp³-hybridized carbons (Fsp3) is 0.368. The number of Topliss-reactive ketones (excluding diaryl/α,β-unsaturated/α-hetero) is 1. The maximum atomic E-state index is 12.2. The van der Waals surface area contributed by atoms with E-state index in [0.717, 1.165) is 18.8 Å². The number of nitrogens with zero attached hydrogens (tertiary/aromatic N) is 1. The Balaban J connectivity index is 1.65. The molecular weight excluding hydrogens is 318 g/mol. The number of ether oxygens (including phenoxy) is 1. The second-order valence-corrected chi connectivity index (χ2v) is 6.52. The van der Waals surface area contributed by atoms with Crippen LogP contribution in [0.2, 0.25) is 0 Å². The first-order valence-corrected chi connectivity index (χ1v) is 8.43. The van der Waals surface area contributed by atoms with Gasteiger partial charge in [0.15, 0.2) is 5.78 Å². The molecule has 1 aromatic heterocycles. The molecule has 2 heterocycles. The fourth-order valence-electron chi connectivity index (χ4n) is 3.07. The van der Waals surface area contributed by atoms with Crippen LogP contribution >= 0.6 is 0 Å². The minimum atomic E-state index is -0.270. The first-order chi connectivity index (χ1) is 11.9. The summed E-state index contributed by atoms with van der Waals surface area (Å²) in [5.41, 5.74) is 2.68. The molecule has 1 fully saturated rings. The largest absolute Gasteiger partial charge is 0.372 e. The summed E-state index contributed by atoms with van der Waals surface area (Å²) >= 11 is 0. The SMILES string of the molecule is CC(=O)c1c[nH]c(C(=O)Nc2ccc(N3C[C@@H](C)O[C@H](C)C3)cc2)c1. The lowest BCUT2D eigenvalue weighted by Gasteiger charge is -2.36. The Bertz CT molecular complexity index is 756. The van der Waals surface area contributed by atoms with Crippen molar-refractivity contribution in [3.05, 3.63) is 47.8 Å². The molecular formula is C19H23N3O3. The van der Waals surface area contributed by atoms with Crippen LogP contribution in [0.4, 0.5) is 11.4 Å². The van der Waals surface area contributed by atoms with Crippen molar-refractivity contribution < 1.29 is 14.3 Å². The summed E-state index contributed by atoms with van der Waals surface area (Å²) in [6.07, 6.45) is 1.94. The Kier molecular flexibility index (Phi) is 4.90. The summed E-state index contributed by atoms with van der Waals surface area (Å²) in [6.45, 7) is 7.32. The zero-order valence-electron chi connectivity index (χ0n) is 14.7. The molecule has 1 saturated heterocycles. The van der Waals surface area contributed by atoms with Crippen LogP contribution in [0.3, 0.4) is 0 Å². The number of benzene rings is 1. The van der Waals surface area contributed by atoms with Crippen molar-refractivity contribution in [3.63, 3.8) is 0 Å². The number of aromatic amines is 1. The number of ketones is 1. The van der Waals surface area contributed by atoms with Gasteiger partial charge in [0.1, 0.15) is 5.69 Å². The van der Waals surface area contributed by atoms with Gasteiger partial charge in [0.2, 0.25) is 0 Å². The molecule has 0 saturated carbocycles. The van der Waals surface area contributed by atoms with E-state index in [1.807, 2.05) is 24.3 Å².